The van der Waals surface area contributed by atoms with Crippen LogP contribution in [0.25, 0.3) is 11.8 Å². The van der Waals surface area contributed by atoms with Crippen LogP contribution in [0.4, 0.5) is 0 Å². The number of esters is 1. The van der Waals surface area contributed by atoms with E-state index in [0.717, 1.165) is 22.4 Å². The van der Waals surface area contributed by atoms with Gasteiger partial charge in [0, 0.05) is 23.5 Å². The maximum absolute atomic E-state index is 14.1. The molecule has 0 N–H and O–H groups in total. The number of ether oxygens (including phenoxy) is 1. The SMILES string of the molecule is CCOC(=O)C1=C(c2ccccc2)N=c2s/c(=C/c3ccc(Sc4nccc(C)n4)o3)c(=O)n2[C@H]1c1ccc(C(C)C)cc1. The summed E-state index contributed by atoms with van der Waals surface area (Å²) in [7, 11) is 0. The largest absolute Gasteiger partial charge is 0.463 e. The van der Waals surface area contributed by atoms with E-state index in [2.05, 4.69) is 23.8 Å². The quantitative estimate of drug-likeness (QED) is 0.157. The lowest BCUT2D eigenvalue weighted by atomic mass is 9.91. The van der Waals surface area contributed by atoms with Crippen LogP contribution in [0, 0.1) is 6.92 Å². The molecular weight excluding hydrogens is 593 g/mol. The fourth-order valence-electron chi connectivity index (χ4n) is 4.98. The number of aromatic nitrogens is 3. The van der Waals surface area contributed by atoms with Crippen LogP contribution < -0.4 is 14.9 Å². The number of benzene rings is 2. The third kappa shape index (κ3) is 5.95. The van der Waals surface area contributed by atoms with E-state index in [1.807, 2.05) is 73.7 Å². The Bertz CT molecular complexity index is 2040. The van der Waals surface area contributed by atoms with E-state index >= 15 is 0 Å². The van der Waals surface area contributed by atoms with Gasteiger partial charge in [-0.2, -0.15) is 0 Å². The molecule has 1 aliphatic heterocycles. The molecule has 222 valence electrons. The molecule has 8 nitrogen and oxygen atoms in total. The van der Waals surface area contributed by atoms with Gasteiger partial charge in [0.2, 0.25) is 0 Å². The molecule has 2 aromatic carbocycles. The summed E-state index contributed by atoms with van der Waals surface area (Å²) in [5, 5.41) is 1.18. The summed E-state index contributed by atoms with van der Waals surface area (Å²) in [6, 6.07) is 22.3. The van der Waals surface area contributed by atoms with Crippen molar-refractivity contribution in [3.63, 3.8) is 0 Å². The van der Waals surface area contributed by atoms with Crippen LogP contribution in [0.15, 0.2) is 109 Å². The Kier molecular flexibility index (Phi) is 8.45. The third-order valence-electron chi connectivity index (χ3n) is 7.13. The number of rotatable bonds is 8. The number of thiazole rings is 1. The minimum absolute atomic E-state index is 0.195. The van der Waals surface area contributed by atoms with Crippen LogP contribution in [0.2, 0.25) is 0 Å². The summed E-state index contributed by atoms with van der Waals surface area (Å²) in [4.78, 5) is 41.9. The molecule has 0 unspecified atom stereocenters. The number of furan rings is 1. The van der Waals surface area contributed by atoms with E-state index < -0.39 is 12.0 Å². The monoisotopic (exact) mass is 622 g/mol. The first-order valence-electron chi connectivity index (χ1n) is 14.3. The topological polar surface area (TPSA) is 99.6 Å². The molecule has 1 aliphatic rings. The lowest BCUT2D eigenvalue weighted by Gasteiger charge is -2.26. The minimum Gasteiger partial charge on any atom is -0.463 e. The van der Waals surface area contributed by atoms with E-state index in [-0.39, 0.29) is 12.2 Å². The Labute approximate surface area is 262 Å². The van der Waals surface area contributed by atoms with E-state index in [1.165, 1.54) is 23.1 Å². The van der Waals surface area contributed by atoms with Crippen molar-refractivity contribution in [2.45, 2.75) is 49.9 Å². The molecule has 0 bridgehead atoms. The molecule has 0 saturated heterocycles. The van der Waals surface area contributed by atoms with Crippen molar-refractivity contribution >= 4 is 40.8 Å². The van der Waals surface area contributed by atoms with Crippen molar-refractivity contribution in [2.75, 3.05) is 6.61 Å². The zero-order valence-corrected chi connectivity index (χ0v) is 26.3. The normalized spacial score (nSPS) is 14.9. The highest BCUT2D eigenvalue weighted by atomic mass is 32.2. The first-order valence-corrected chi connectivity index (χ1v) is 15.9. The second-order valence-corrected chi connectivity index (χ2v) is 12.5. The predicted octanol–water partition coefficient (Wildman–Crippen LogP) is 5.90. The standard InChI is InChI=1S/C34H30N4O4S2/c1-5-41-32(40)28-29(23-9-7-6-8-10-23)37-34-38(30(28)24-13-11-22(12-14-24)20(2)3)31(39)26(43-34)19-25-15-16-27(42-25)44-33-35-18-17-21(4)36-33/h6-20,30H,5H2,1-4H3/b26-19+/t30-/m0/s1. The Morgan fingerprint density at radius 2 is 1.86 bits per heavy atom. The molecule has 4 heterocycles. The maximum atomic E-state index is 14.1. The zero-order chi connectivity index (χ0) is 30.8. The summed E-state index contributed by atoms with van der Waals surface area (Å²) in [5.41, 5.74) is 4.13. The lowest BCUT2D eigenvalue weighted by Crippen LogP contribution is -2.40. The molecular formula is C34H30N4O4S2. The number of hydrogen-bond acceptors (Lipinski definition) is 9. The van der Waals surface area contributed by atoms with E-state index in [0.29, 0.717) is 42.5 Å². The fourth-order valence-corrected chi connectivity index (χ4v) is 6.72. The van der Waals surface area contributed by atoms with Crippen LogP contribution >= 0.6 is 23.1 Å². The number of nitrogens with zero attached hydrogens (tertiary/aromatic N) is 4. The van der Waals surface area contributed by atoms with Crippen LogP contribution in [0.3, 0.4) is 0 Å². The summed E-state index contributed by atoms with van der Waals surface area (Å²) in [6.45, 7) is 8.12. The smallest absolute Gasteiger partial charge is 0.338 e. The average Bonchev–Trinajstić information content (AvgIpc) is 3.59. The van der Waals surface area contributed by atoms with Gasteiger partial charge in [-0.3, -0.25) is 9.36 Å². The summed E-state index contributed by atoms with van der Waals surface area (Å²) >= 11 is 2.56. The van der Waals surface area contributed by atoms with Gasteiger partial charge >= 0.3 is 5.97 Å². The molecule has 0 saturated carbocycles. The fraction of sp³-hybridized carbons (Fsp3) is 0.206. The van der Waals surface area contributed by atoms with Crippen molar-refractivity contribution in [3.8, 4) is 0 Å². The second kappa shape index (κ2) is 12.6. The molecule has 0 aliphatic carbocycles. The molecule has 0 fully saturated rings. The van der Waals surface area contributed by atoms with Gasteiger partial charge in [-0.05, 0) is 60.9 Å². The van der Waals surface area contributed by atoms with Crippen molar-refractivity contribution in [1.29, 1.82) is 0 Å². The van der Waals surface area contributed by atoms with Crippen molar-refractivity contribution in [3.05, 3.63) is 132 Å². The molecule has 5 aromatic rings. The van der Waals surface area contributed by atoms with E-state index in [9.17, 15) is 9.59 Å². The summed E-state index contributed by atoms with van der Waals surface area (Å²) in [5.74, 6) is 0.337. The minimum atomic E-state index is -0.731. The van der Waals surface area contributed by atoms with Gasteiger partial charge < -0.3 is 9.15 Å². The number of aryl methyl sites for hydroxylation is 1. The van der Waals surface area contributed by atoms with Crippen molar-refractivity contribution in [1.82, 2.24) is 14.5 Å². The van der Waals surface area contributed by atoms with Gasteiger partial charge in [0.15, 0.2) is 15.1 Å². The molecule has 0 amide bonds. The Balaban J connectivity index is 1.51. The first-order chi connectivity index (χ1) is 21.3. The van der Waals surface area contributed by atoms with Crippen LogP contribution in [-0.4, -0.2) is 27.1 Å². The molecule has 0 radical (unpaired) electrons. The lowest BCUT2D eigenvalue weighted by molar-refractivity contribution is -0.138. The predicted molar refractivity (Wildman–Crippen MR) is 171 cm³/mol. The van der Waals surface area contributed by atoms with Gasteiger partial charge in [-0.1, -0.05) is 79.8 Å². The molecule has 44 heavy (non-hydrogen) atoms. The average molecular weight is 623 g/mol. The first kappa shape index (κ1) is 29.5. The highest BCUT2D eigenvalue weighted by Gasteiger charge is 2.35. The third-order valence-corrected chi connectivity index (χ3v) is 8.92. The van der Waals surface area contributed by atoms with Crippen LogP contribution in [-0.2, 0) is 9.53 Å². The highest BCUT2D eigenvalue weighted by molar-refractivity contribution is 7.99. The second-order valence-electron chi connectivity index (χ2n) is 10.5. The van der Waals surface area contributed by atoms with Gasteiger partial charge in [0.1, 0.15) is 5.76 Å². The van der Waals surface area contributed by atoms with Gasteiger partial charge in [-0.15, -0.1) is 0 Å². The van der Waals surface area contributed by atoms with E-state index in [4.69, 9.17) is 14.1 Å². The summed E-state index contributed by atoms with van der Waals surface area (Å²) < 4.78 is 13.6. The number of carbonyl (C=O) groups is 1. The zero-order valence-electron chi connectivity index (χ0n) is 24.7. The molecule has 10 heteroatoms. The van der Waals surface area contributed by atoms with Crippen LogP contribution in [0.1, 0.15) is 60.9 Å². The van der Waals surface area contributed by atoms with Crippen molar-refractivity contribution < 1.29 is 13.9 Å². The molecule has 6 rings (SSSR count). The molecule has 3 aromatic heterocycles. The van der Waals surface area contributed by atoms with Gasteiger partial charge in [0.25, 0.3) is 5.56 Å². The Morgan fingerprint density at radius 3 is 2.57 bits per heavy atom. The summed E-state index contributed by atoms with van der Waals surface area (Å²) in [6.07, 6.45) is 3.41. The maximum Gasteiger partial charge on any atom is 0.338 e. The number of fused-ring (bicyclic) bond motifs is 1. The number of hydrogen-bond donors (Lipinski definition) is 0. The Morgan fingerprint density at radius 1 is 1.09 bits per heavy atom. The molecule has 1 atom stereocenters. The Hall–Kier alpha value is -4.54. The highest BCUT2D eigenvalue weighted by Crippen LogP contribution is 2.35. The van der Waals surface area contributed by atoms with Crippen LogP contribution in [0.5, 0.6) is 0 Å². The van der Waals surface area contributed by atoms with Crippen molar-refractivity contribution in [2.24, 2.45) is 4.99 Å². The number of carbonyl (C=O) groups excluding carboxylic acids is 1. The molecule has 0 spiro atoms. The van der Waals surface area contributed by atoms with Gasteiger partial charge in [-0.25, -0.2) is 19.8 Å². The van der Waals surface area contributed by atoms with Gasteiger partial charge in [0.05, 0.1) is 28.5 Å². The van der Waals surface area contributed by atoms with E-state index in [1.54, 1.807) is 29.8 Å².